The van der Waals surface area contributed by atoms with Gasteiger partial charge in [-0.05, 0) is 17.9 Å². The summed E-state index contributed by atoms with van der Waals surface area (Å²) in [5, 5.41) is 14.3. The molecule has 0 aliphatic carbocycles. The highest BCUT2D eigenvalue weighted by Crippen LogP contribution is 2.19. The summed E-state index contributed by atoms with van der Waals surface area (Å²) in [6, 6.07) is 6.37. The second-order valence-corrected chi connectivity index (χ2v) is 5.95. The number of nitrogens with one attached hydrogen (secondary N) is 2. The van der Waals surface area contributed by atoms with Crippen molar-refractivity contribution in [2.75, 3.05) is 0 Å². The third kappa shape index (κ3) is 4.91. The van der Waals surface area contributed by atoms with Gasteiger partial charge < -0.3 is 15.7 Å². The molecule has 0 aliphatic heterocycles. The third-order valence-corrected chi connectivity index (χ3v) is 2.96. The van der Waals surface area contributed by atoms with Gasteiger partial charge in [-0.25, -0.2) is 9.59 Å². The fourth-order valence-corrected chi connectivity index (χ4v) is 1.72. The number of carboxylic acid groups (broad SMARTS) is 1. The quantitative estimate of drug-likeness (QED) is 0.790. The zero-order valence-electron chi connectivity index (χ0n) is 12.4. The minimum absolute atomic E-state index is 0.364. The van der Waals surface area contributed by atoms with Gasteiger partial charge in [0.05, 0.1) is 0 Å². The van der Waals surface area contributed by atoms with Gasteiger partial charge in [0, 0.05) is 6.54 Å². The molecule has 0 fully saturated rings. The molecule has 1 aromatic carbocycles. The summed E-state index contributed by atoms with van der Waals surface area (Å²) in [6.45, 7) is 7.66. The number of hydrogen-bond donors (Lipinski definition) is 3. The summed E-state index contributed by atoms with van der Waals surface area (Å²) in [6.07, 6.45) is 0. The second kappa shape index (κ2) is 6.41. The first-order chi connectivity index (χ1) is 9.20. The van der Waals surface area contributed by atoms with Crippen LogP contribution in [0.25, 0.3) is 0 Å². The predicted molar refractivity (Wildman–Crippen MR) is 77.4 cm³/mol. The lowest BCUT2D eigenvalue weighted by Crippen LogP contribution is -2.52. The highest BCUT2D eigenvalue weighted by molar-refractivity contribution is 5.83. The smallest absolute Gasteiger partial charge is 0.326 e. The Morgan fingerprint density at radius 3 is 2.20 bits per heavy atom. The van der Waals surface area contributed by atoms with Crippen LogP contribution in [0.2, 0.25) is 0 Å². The molecule has 0 unspecified atom stereocenters. The molecule has 5 nitrogen and oxygen atoms in total. The summed E-state index contributed by atoms with van der Waals surface area (Å²) in [7, 11) is 0. The monoisotopic (exact) mass is 278 g/mol. The number of carbonyl (C=O) groups is 2. The van der Waals surface area contributed by atoms with E-state index >= 15 is 0 Å². The molecule has 5 heteroatoms. The van der Waals surface area contributed by atoms with Crippen molar-refractivity contribution in [1.82, 2.24) is 10.6 Å². The van der Waals surface area contributed by atoms with Crippen LogP contribution < -0.4 is 10.6 Å². The lowest BCUT2D eigenvalue weighted by molar-refractivity contribution is -0.141. The molecule has 0 aliphatic rings. The molecule has 20 heavy (non-hydrogen) atoms. The largest absolute Gasteiger partial charge is 0.480 e. The number of amides is 2. The molecule has 2 amide bonds. The predicted octanol–water partition coefficient (Wildman–Crippen LogP) is 2.29. The Hall–Kier alpha value is -2.04. The fraction of sp³-hybridized carbons (Fsp3) is 0.467. The molecule has 110 valence electrons. The summed E-state index contributed by atoms with van der Waals surface area (Å²) in [5.74, 6) is -1.04. The van der Waals surface area contributed by atoms with Crippen molar-refractivity contribution in [2.24, 2.45) is 5.41 Å². The van der Waals surface area contributed by atoms with Gasteiger partial charge in [0.25, 0.3) is 0 Å². The number of carbonyl (C=O) groups excluding carboxylic acids is 1. The van der Waals surface area contributed by atoms with Crippen LogP contribution in [0.4, 0.5) is 4.79 Å². The normalized spacial score (nSPS) is 12.6. The zero-order valence-corrected chi connectivity index (χ0v) is 12.4. The number of rotatable bonds is 4. The molecule has 1 aromatic rings. The van der Waals surface area contributed by atoms with E-state index in [1.165, 1.54) is 0 Å². The van der Waals surface area contributed by atoms with Crippen molar-refractivity contribution in [1.29, 1.82) is 0 Å². The van der Waals surface area contributed by atoms with Crippen LogP contribution in [0.3, 0.4) is 0 Å². The van der Waals surface area contributed by atoms with E-state index in [0.29, 0.717) is 6.54 Å². The Bertz CT molecular complexity index is 475. The molecule has 0 spiro atoms. The second-order valence-electron chi connectivity index (χ2n) is 5.95. The molecule has 0 bridgehead atoms. The van der Waals surface area contributed by atoms with Crippen molar-refractivity contribution in [2.45, 2.75) is 40.3 Å². The lowest BCUT2D eigenvalue weighted by atomic mass is 9.87. The zero-order chi connectivity index (χ0) is 15.3. The maximum Gasteiger partial charge on any atom is 0.326 e. The van der Waals surface area contributed by atoms with Gasteiger partial charge in [-0.15, -0.1) is 0 Å². The van der Waals surface area contributed by atoms with Crippen molar-refractivity contribution in [3.05, 3.63) is 35.4 Å². The van der Waals surface area contributed by atoms with Gasteiger partial charge in [0.15, 0.2) is 0 Å². The van der Waals surface area contributed by atoms with Crippen LogP contribution in [0.1, 0.15) is 31.9 Å². The molecule has 0 saturated carbocycles. The molecule has 0 aromatic heterocycles. The molecular weight excluding hydrogens is 256 g/mol. The molecule has 1 atom stereocenters. The first-order valence-corrected chi connectivity index (χ1v) is 6.53. The minimum atomic E-state index is -1.04. The lowest BCUT2D eigenvalue weighted by Gasteiger charge is -2.27. The molecule has 0 heterocycles. The van der Waals surface area contributed by atoms with Gasteiger partial charge >= 0.3 is 12.0 Å². The maximum atomic E-state index is 11.8. The average molecular weight is 278 g/mol. The van der Waals surface area contributed by atoms with E-state index in [1.54, 1.807) is 20.8 Å². The summed E-state index contributed by atoms with van der Waals surface area (Å²) < 4.78 is 0. The highest BCUT2D eigenvalue weighted by Gasteiger charge is 2.32. The van der Waals surface area contributed by atoms with Gasteiger partial charge in [0.2, 0.25) is 0 Å². The van der Waals surface area contributed by atoms with Crippen LogP contribution in [-0.4, -0.2) is 23.1 Å². The van der Waals surface area contributed by atoms with Gasteiger partial charge in [-0.3, -0.25) is 0 Å². The summed E-state index contributed by atoms with van der Waals surface area (Å²) in [5.41, 5.74) is 1.57. The summed E-state index contributed by atoms with van der Waals surface area (Å²) >= 11 is 0. The van der Waals surface area contributed by atoms with Crippen molar-refractivity contribution < 1.29 is 14.7 Å². The van der Waals surface area contributed by atoms with Crippen molar-refractivity contribution in [3.63, 3.8) is 0 Å². The van der Waals surface area contributed by atoms with E-state index in [1.807, 2.05) is 31.2 Å². The van der Waals surface area contributed by atoms with Crippen LogP contribution in [0.5, 0.6) is 0 Å². The Morgan fingerprint density at radius 1 is 1.20 bits per heavy atom. The average Bonchev–Trinajstić information content (AvgIpc) is 2.33. The van der Waals surface area contributed by atoms with E-state index in [2.05, 4.69) is 10.6 Å². The first kappa shape index (κ1) is 16.0. The highest BCUT2D eigenvalue weighted by atomic mass is 16.4. The van der Waals surface area contributed by atoms with E-state index in [9.17, 15) is 9.59 Å². The molecule has 1 rings (SSSR count). The van der Waals surface area contributed by atoms with E-state index in [-0.39, 0.29) is 0 Å². The Balaban J connectivity index is 2.54. The van der Waals surface area contributed by atoms with Crippen LogP contribution >= 0.6 is 0 Å². The fourth-order valence-electron chi connectivity index (χ4n) is 1.72. The van der Waals surface area contributed by atoms with Crippen molar-refractivity contribution in [3.8, 4) is 0 Å². The minimum Gasteiger partial charge on any atom is -0.480 e. The number of aliphatic carboxylic acids is 1. The van der Waals surface area contributed by atoms with E-state index in [4.69, 9.17) is 5.11 Å². The maximum absolute atomic E-state index is 11.8. The van der Waals surface area contributed by atoms with Crippen molar-refractivity contribution >= 4 is 12.0 Å². The number of urea groups is 1. The van der Waals surface area contributed by atoms with Gasteiger partial charge in [0.1, 0.15) is 6.04 Å². The number of hydrogen-bond acceptors (Lipinski definition) is 2. The van der Waals surface area contributed by atoms with E-state index < -0.39 is 23.5 Å². The molecule has 3 N–H and O–H groups in total. The number of benzene rings is 1. The van der Waals surface area contributed by atoms with E-state index in [0.717, 1.165) is 11.1 Å². The topological polar surface area (TPSA) is 78.4 Å². The van der Waals surface area contributed by atoms with Crippen LogP contribution in [0.15, 0.2) is 24.3 Å². The van der Waals surface area contributed by atoms with Gasteiger partial charge in [-0.1, -0.05) is 50.6 Å². The standard InChI is InChI=1S/C15H22N2O3/c1-10-5-7-11(8-6-10)9-16-14(20)17-12(13(18)19)15(2,3)4/h5-8,12H,9H2,1-4H3,(H,18,19)(H2,16,17,20)/t12-/m0/s1. The first-order valence-electron chi connectivity index (χ1n) is 6.53. The SMILES string of the molecule is Cc1ccc(CNC(=O)N[C@@H](C(=O)O)C(C)(C)C)cc1. The Labute approximate surface area is 119 Å². The van der Waals surface area contributed by atoms with Gasteiger partial charge in [-0.2, -0.15) is 0 Å². The van der Waals surface area contributed by atoms with Crippen LogP contribution in [0, 0.1) is 12.3 Å². The Kier molecular flexibility index (Phi) is 5.13. The number of aryl methyl sites for hydroxylation is 1. The molecule has 0 radical (unpaired) electrons. The molecular formula is C15H22N2O3. The molecule has 0 saturated heterocycles. The third-order valence-electron chi connectivity index (χ3n) is 2.96. The van der Waals surface area contributed by atoms with Crippen LogP contribution in [-0.2, 0) is 11.3 Å². The number of carboxylic acids is 1. The summed E-state index contributed by atoms with van der Waals surface area (Å²) in [4.78, 5) is 22.9. The Morgan fingerprint density at radius 2 is 1.75 bits per heavy atom.